The van der Waals surface area contributed by atoms with Gasteiger partial charge in [-0.2, -0.15) is 0 Å². The van der Waals surface area contributed by atoms with E-state index < -0.39 is 5.97 Å². The monoisotopic (exact) mass is 468 g/mol. The number of aromatic nitrogens is 6. The lowest BCUT2D eigenvalue weighted by molar-refractivity contribution is 0.0391. The van der Waals surface area contributed by atoms with Crippen LogP contribution in [0.5, 0.6) is 0 Å². The molecule has 0 saturated carbocycles. The van der Waals surface area contributed by atoms with Crippen LogP contribution in [0.2, 0.25) is 0 Å². The van der Waals surface area contributed by atoms with E-state index in [1.165, 1.54) is 0 Å². The molecule has 1 aliphatic rings. The second kappa shape index (κ2) is 10.3. The number of esters is 1. The number of pyridine rings is 2. The second-order valence-electron chi connectivity index (χ2n) is 8.26. The quantitative estimate of drug-likeness (QED) is 0.373. The van der Waals surface area contributed by atoms with Gasteiger partial charge in [0.15, 0.2) is 5.82 Å². The minimum atomic E-state index is -0.419. The van der Waals surface area contributed by atoms with Crippen LogP contribution >= 0.6 is 0 Å². The zero-order valence-corrected chi connectivity index (χ0v) is 19.2. The first kappa shape index (κ1) is 22.5. The Morgan fingerprint density at radius 1 is 1.00 bits per heavy atom. The summed E-state index contributed by atoms with van der Waals surface area (Å²) in [5, 5.41) is 6.36. The number of anilines is 2. The molecule has 0 radical (unpaired) electrons. The smallest absolute Gasteiger partial charge is 0.356 e. The maximum absolute atomic E-state index is 12.3. The van der Waals surface area contributed by atoms with Crippen LogP contribution in [0, 0.1) is 12.8 Å². The number of rotatable bonds is 8. The van der Waals surface area contributed by atoms with Crippen molar-refractivity contribution in [3.05, 3.63) is 83.8 Å². The van der Waals surface area contributed by atoms with E-state index in [-0.39, 0.29) is 5.69 Å². The molecule has 1 fully saturated rings. The van der Waals surface area contributed by atoms with E-state index in [0.717, 1.165) is 24.3 Å². The highest BCUT2D eigenvalue weighted by Crippen LogP contribution is 2.17. The molecule has 0 unspecified atom stereocenters. The van der Waals surface area contributed by atoms with Gasteiger partial charge >= 0.3 is 5.97 Å². The van der Waals surface area contributed by atoms with E-state index in [4.69, 9.17) is 4.74 Å². The van der Waals surface area contributed by atoms with Gasteiger partial charge in [-0.1, -0.05) is 6.07 Å². The topological polar surface area (TPSA) is 128 Å². The predicted octanol–water partition coefficient (Wildman–Crippen LogP) is 2.74. The molecule has 10 heteroatoms. The number of nitrogens with zero attached hydrogens (tertiary/aromatic N) is 6. The lowest BCUT2D eigenvalue weighted by atomic mass is 10.1. The van der Waals surface area contributed by atoms with Crippen LogP contribution in [0.4, 0.5) is 11.6 Å². The summed E-state index contributed by atoms with van der Waals surface area (Å²) in [4.78, 5) is 38.8. The maximum atomic E-state index is 12.3. The molecule has 5 heterocycles. The molecule has 5 rings (SSSR count). The summed E-state index contributed by atoms with van der Waals surface area (Å²) in [6.45, 7) is 4.08. The summed E-state index contributed by atoms with van der Waals surface area (Å²) in [6, 6.07) is 12.8. The lowest BCUT2D eigenvalue weighted by Crippen LogP contribution is -2.44. The van der Waals surface area contributed by atoms with Crippen molar-refractivity contribution in [2.45, 2.75) is 13.3 Å². The Morgan fingerprint density at radius 2 is 1.80 bits per heavy atom. The normalized spacial score (nSPS) is 13.2. The van der Waals surface area contributed by atoms with Crippen LogP contribution < -0.4 is 10.6 Å². The Hall–Kier alpha value is -4.31. The minimum absolute atomic E-state index is 0.280. The van der Waals surface area contributed by atoms with Crippen molar-refractivity contribution >= 4 is 17.6 Å². The third-order valence-electron chi connectivity index (χ3n) is 5.45. The van der Waals surface area contributed by atoms with Crippen LogP contribution in [0.1, 0.15) is 27.6 Å². The number of carbonyl (C=O) groups excluding carboxylic acids is 1. The third kappa shape index (κ3) is 5.79. The molecule has 0 amide bonds. The van der Waals surface area contributed by atoms with Gasteiger partial charge in [0.2, 0.25) is 0 Å². The fraction of sp³-hybridized carbons (Fsp3) is 0.240. The number of hydrogen-bond donors (Lipinski definition) is 2. The molecule has 176 valence electrons. The van der Waals surface area contributed by atoms with E-state index in [1.54, 1.807) is 36.8 Å². The molecule has 1 aliphatic heterocycles. The molecule has 4 aromatic heterocycles. The van der Waals surface area contributed by atoms with Gasteiger partial charge < -0.3 is 15.4 Å². The Balaban J connectivity index is 1.26. The van der Waals surface area contributed by atoms with Crippen LogP contribution in [0.15, 0.2) is 61.1 Å². The molecular weight excluding hydrogens is 444 g/mol. The Kier molecular flexibility index (Phi) is 6.62. The molecule has 0 bridgehead atoms. The van der Waals surface area contributed by atoms with Gasteiger partial charge in [0, 0.05) is 49.7 Å². The van der Waals surface area contributed by atoms with Crippen molar-refractivity contribution in [2.75, 3.05) is 25.0 Å². The van der Waals surface area contributed by atoms with E-state index >= 15 is 0 Å². The van der Waals surface area contributed by atoms with E-state index in [1.807, 2.05) is 31.2 Å². The summed E-state index contributed by atoms with van der Waals surface area (Å²) in [5.74, 6) is 2.27. The summed E-state index contributed by atoms with van der Waals surface area (Å²) in [7, 11) is 0. The summed E-state index contributed by atoms with van der Waals surface area (Å²) >= 11 is 0. The van der Waals surface area contributed by atoms with Gasteiger partial charge in [0.05, 0.1) is 6.61 Å². The first-order valence-corrected chi connectivity index (χ1v) is 11.3. The first-order valence-electron chi connectivity index (χ1n) is 11.3. The standard InChI is InChI=1S/C25H24N8O2/c1-16-3-2-4-19(30-16)24-29-10-7-22(33-24)31-21-6-9-28-23(32-21)12-17-5-8-27-20(11-17)25(34)35-15-18-13-26-14-18/h2-11,18,26H,12-15H2,1H3,(H,28,29,31,32,33). The van der Waals surface area contributed by atoms with Crippen LogP contribution in [-0.2, 0) is 11.2 Å². The summed E-state index contributed by atoms with van der Waals surface area (Å²) in [5.41, 5.74) is 2.74. The highest BCUT2D eigenvalue weighted by Gasteiger charge is 2.19. The predicted molar refractivity (Wildman–Crippen MR) is 129 cm³/mol. The number of hydrogen-bond acceptors (Lipinski definition) is 10. The first-order chi connectivity index (χ1) is 17.1. The highest BCUT2D eigenvalue weighted by molar-refractivity contribution is 5.87. The average Bonchev–Trinajstić information content (AvgIpc) is 2.84. The largest absolute Gasteiger partial charge is 0.461 e. The maximum Gasteiger partial charge on any atom is 0.356 e. The van der Waals surface area contributed by atoms with Crippen LogP contribution in [0.3, 0.4) is 0 Å². The van der Waals surface area contributed by atoms with Crippen molar-refractivity contribution < 1.29 is 9.53 Å². The zero-order chi connectivity index (χ0) is 24.0. The molecule has 1 saturated heterocycles. The molecule has 2 N–H and O–H groups in total. The van der Waals surface area contributed by atoms with Crippen molar-refractivity contribution in [3.8, 4) is 11.5 Å². The Bertz CT molecular complexity index is 1340. The molecular formula is C25H24N8O2. The van der Waals surface area contributed by atoms with Crippen molar-refractivity contribution in [1.82, 2.24) is 35.2 Å². The fourth-order valence-electron chi connectivity index (χ4n) is 3.52. The lowest BCUT2D eigenvalue weighted by Gasteiger charge is -2.26. The van der Waals surface area contributed by atoms with Gasteiger partial charge in [-0.15, -0.1) is 0 Å². The van der Waals surface area contributed by atoms with Crippen molar-refractivity contribution in [2.24, 2.45) is 5.92 Å². The SMILES string of the molecule is Cc1cccc(-c2nccc(Nc3ccnc(Cc4ccnc(C(=O)OCC5CNC5)c4)n3)n2)n1. The molecule has 0 atom stereocenters. The van der Waals surface area contributed by atoms with Gasteiger partial charge in [0.25, 0.3) is 0 Å². The average molecular weight is 469 g/mol. The van der Waals surface area contributed by atoms with E-state index in [2.05, 4.69) is 40.5 Å². The fourth-order valence-corrected chi connectivity index (χ4v) is 3.52. The second-order valence-corrected chi connectivity index (χ2v) is 8.26. The molecule has 0 aliphatic carbocycles. The van der Waals surface area contributed by atoms with Crippen LogP contribution in [0.25, 0.3) is 11.5 Å². The third-order valence-corrected chi connectivity index (χ3v) is 5.45. The van der Waals surface area contributed by atoms with Crippen LogP contribution in [-0.4, -0.2) is 55.6 Å². The number of nitrogens with one attached hydrogen (secondary N) is 2. The summed E-state index contributed by atoms with van der Waals surface area (Å²) in [6.07, 6.45) is 5.39. The van der Waals surface area contributed by atoms with E-state index in [0.29, 0.717) is 47.9 Å². The van der Waals surface area contributed by atoms with E-state index in [9.17, 15) is 4.79 Å². The van der Waals surface area contributed by atoms with Crippen molar-refractivity contribution in [1.29, 1.82) is 0 Å². The molecule has 0 aromatic carbocycles. The molecule has 4 aromatic rings. The zero-order valence-electron chi connectivity index (χ0n) is 19.2. The Labute approximate surface area is 202 Å². The summed E-state index contributed by atoms with van der Waals surface area (Å²) < 4.78 is 5.37. The molecule has 0 spiro atoms. The van der Waals surface area contributed by atoms with Gasteiger partial charge in [-0.05, 0) is 48.9 Å². The number of aryl methyl sites for hydroxylation is 1. The molecule has 35 heavy (non-hydrogen) atoms. The minimum Gasteiger partial charge on any atom is -0.461 e. The Morgan fingerprint density at radius 3 is 2.60 bits per heavy atom. The van der Waals surface area contributed by atoms with Gasteiger partial charge in [-0.3, -0.25) is 0 Å². The van der Waals surface area contributed by atoms with Gasteiger partial charge in [-0.25, -0.2) is 34.7 Å². The highest BCUT2D eigenvalue weighted by atomic mass is 16.5. The number of carbonyl (C=O) groups is 1. The van der Waals surface area contributed by atoms with Crippen molar-refractivity contribution in [3.63, 3.8) is 0 Å². The van der Waals surface area contributed by atoms with Gasteiger partial charge in [0.1, 0.15) is 28.8 Å². The number of ether oxygens (including phenoxy) is 1. The molecule has 10 nitrogen and oxygen atoms in total.